The van der Waals surface area contributed by atoms with Crippen LogP contribution in [0, 0.1) is 5.92 Å². The van der Waals surface area contributed by atoms with Gasteiger partial charge in [-0.25, -0.2) is 13.4 Å². The van der Waals surface area contributed by atoms with Crippen molar-refractivity contribution in [2.75, 3.05) is 23.4 Å². The van der Waals surface area contributed by atoms with Gasteiger partial charge in [-0.3, -0.25) is 0 Å². The first-order valence-electron chi connectivity index (χ1n) is 5.33. The fourth-order valence-corrected chi connectivity index (χ4v) is 4.27. The Kier molecular flexibility index (Phi) is 4.26. The molecule has 0 bridgehead atoms. The predicted molar refractivity (Wildman–Crippen MR) is 74.5 cm³/mol. The summed E-state index contributed by atoms with van der Waals surface area (Å²) in [5.41, 5.74) is 0. The van der Waals surface area contributed by atoms with E-state index in [1.165, 1.54) is 6.07 Å². The first-order valence-corrected chi connectivity index (χ1v) is 8.29. The summed E-state index contributed by atoms with van der Waals surface area (Å²) in [4.78, 5) is 4.01. The van der Waals surface area contributed by atoms with Gasteiger partial charge in [0.05, 0.1) is 21.6 Å². The van der Waals surface area contributed by atoms with Crippen LogP contribution in [0.1, 0.15) is 6.42 Å². The summed E-state index contributed by atoms with van der Waals surface area (Å²) in [5, 5.41) is 3.83. The van der Waals surface area contributed by atoms with Crippen LogP contribution in [0.25, 0.3) is 0 Å². The van der Waals surface area contributed by atoms with Gasteiger partial charge in [0.2, 0.25) is 0 Å². The minimum Gasteiger partial charge on any atom is -0.368 e. The lowest BCUT2D eigenvalue weighted by molar-refractivity contribution is 0.595. The number of halogens is 3. The molecule has 0 saturated carbocycles. The van der Waals surface area contributed by atoms with Gasteiger partial charge in [-0.15, -0.1) is 0 Å². The lowest BCUT2D eigenvalue weighted by atomic mass is 10.1. The highest BCUT2D eigenvalue weighted by Crippen LogP contribution is 2.29. The molecule has 100 valence electrons. The minimum atomic E-state index is -2.87. The molecule has 1 atom stereocenters. The van der Waals surface area contributed by atoms with Crippen LogP contribution >= 0.6 is 34.8 Å². The van der Waals surface area contributed by atoms with Crippen LogP contribution < -0.4 is 5.32 Å². The number of hydrogen-bond donors (Lipinski definition) is 1. The van der Waals surface area contributed by atoms with Gasteiger partial charge in [0.25, 0.3) is 0 Å². The second kappa shape index (κ2) is 5.41. The van der Waals surface area contributed by atoms with E-state index in [9.17, 15) is 8.42 Å². The van der Waals surface area contributed by atoms with E-state index in [1.54, 1.807) is 0 Å². The smallest absolute Gasteiger partial charge is 0.150 e. The molecule has 0 aromatic carbocycles. The summed E-state index contributed by atoms with van der Waals surface area (Å²) in [7, 11) is -2.87. The Bertz CT molecular complexity index is 562. The maximum atomic E-state index is 11.3. The second-order valence-corrected chi connectivity index (χ2v) is 7.64. The quantitative estimate of drug-likeness (QED) is 0.866. The SMILES string of the molecule is O=S1(=O)CCC(CNc2nc(Cl)c(Cl)cc2Cl)C1. The molecular weight excluding hydrogens is 319 g/mol. The third-order valence-corrected chi connectivity index (χ3v) is 5.57. The third-order valence-electron chi connectivity index (χ3n) is 2.77. The van der Waals surface area contributed by atoms with Crippen molar-refractivity contribution in [2.24, 2.45) is 5.92 Å². The minimum absolute atomic E-state index is 0.0855. The zero-order valence-corrected chi connectivity index (χ0v) is 12.4. The fourth-order valence-electron chi connectivity index (χ4n) is 1.84. The molecule has 4 nitrogen and oxygen atoms in total. The number of pyridine rings is 1. The topological polar surface area (TPSA) is 59.1 Å². The summed E-state index contributed by atoms with van der Waals surface area (Å²) in [6.45, 7) is 0.504. The number of rotatable bonds is 3. The molecule has 18 heavy (non-hydrogen) atoms. The molecule has 8 heteroatoms. The molecule has 1 aromatic rings. The van der Waals surface area contributed by atoms with Gasteiger partial charge in [-0.1, -0.05) is 34.8 Å². The molecule has 0 aliphatic carbocycles. The average molecular weight is 330 g/mol. The average Bonchev–Trinajstić information content (AvgIpc) is 2.62. The Morgan fingerprint density at radius 2 is 2.06 bits per heavy atom. The molecule has 1 aliphatic rings. The first kappa shape index (κ1) is 14.2. The summed E-state index contributed by atoms with van der Waals surface area (Å²) in [6, 6.07) is 1.51. The summed E-state index contributed by atoms with van der Waals surface area (Å²) >= 11 is 17.5. The molecule has 1 N–H and O–H groups in total. The van der Waals surface area contributed by atoms with Crippen LogP contribution in [0.3, 0.4) is 0 Å². The Hall–Kier alpha value is -0.230. The van der Waals surface area contributed by atoms with Gasteiger partial charge >= 0.3 is 0 Å². The van der Waals surface area contributed by atoms with Crippen molar-refractivity contribution in [2.45, 2.75) is 6.42 Å². The van der Waals surface area contributed by atoms with Gasteiger partial charge in [0.15, 0.2) is 9.84 Å². The van der Waals surface area contributed by atoms with E-state index in [0.29, 0.717) is 23.8 Å². The van der Waals surface area contributed by atoms with Gasteiger partial charge in [-0.05, 0) is 18.4 Å². The number of aromatic nitrogens is 1. The Morgan fingerprint density at radius 3 is 2.67 bits per heavy atom. The molecule has 2 heterocycles. The summed E-state index contributed by atoms with van der Waals surface area (Å²) in [6.07, 6.45) is 0.661. The maximum Gasteiger partial charge on any atom is 0.150 e. The van der Waals surface area contributed by atoms with Crippen molar-refractivity contribution in [3.8, 4) is 0 Å². The van der Waals surface area contributed by atoms with Gasteiger partial charge in [0, 0.05) is 6.54 Å². The van der Waals surface area contributed by atoms with E-state index in [4.69, 9.17) is 34.8 Å². The third kappa shape index (κ3) is 3.41. The van der Waals surface area contributed by atoms with Crippen LogP contribution in [-0.2, 0) is 9.84 Å². The van der Waals surface area contributed by atoms with Crippen molar-refractivity contribution < 1.29 is 8.42 Å². The van der Waals surface area contributed by atoms with Crippen LogP contribution in [-0.4, -0.2) is 31.5 Å². The first-order chi connectivity index (χ1) is 8.37. The number of nitrogens with zero attached hydrogens (tertiary/aromatic N) is 1. The van der Waals surface area contributed by atoms with Crippen LogP contribution in [0.2, 0.25) is 15.2 Å². The standard InChI is InChI=1S/C10H11Cl3N2O2S/c11-7-3-8(12)10(15-9(7)13)14-4-6-1-2-18(16,17)5-6/h3,6H,1-2,4-5H2,(H,14,15). The summed E-state index contributed by atoms with van der Waals surface area (Å²) < 4.78 is 22.6. The van der Waals surface area contributed by atoms with E-state index in [0.717, 1.165) is 0 Å². The van der Waals surface area contributed by atoms with Gasteiger partial charge in [-0.2, -0.15) is 0 Å². The highest BCUT2D eigenvalue weighted by molar-refractivity contribution is 7.91. The van der Waals surface area contributed by atoms with E-state index < -0.39 is 9.84 Å². The van der Waals surface area contributed by atoms with Crippen LogP contribution in [0.5, 0.6) is 0 Å². The highest BCUT2D eigenvalue weighted by Gasteiger charge is 2.27. The van der Waals surface area contributed by atoms with E-state index in [-0.39, 0.29) is 27.6 Å². The zero-order chi connectivity index (χ0) is 13.3. The largest absolute Gasteiger partial charge is 0.368 e. The van der Waals surface area contributed by atoms with Gasteiger partial charge in [0.1, 0.15) is 11.0 Å². The van der Waals surface area contributed by atoms with Crippen molar-refractivity contribution in [3.05, 3.63) is 21.3 Å². The molecule has 0 amide bonds. The second-order valence-electron chi connectivity index (χ2n) is 4.24. The Morgan fingerprint density at radius 1 is 1.33 bits per heavy atom. The number of anilines is 1. The number of sulfone groups is 1. The normalized spacial score (nSPS) is 22.1. The lowest BCUT2D eigenvalue weighted by Gasteiger charge is -2.11. The lowest BCUT2D eigenvalue weighted by Crippen LogP contribution is -2.16. The van der Waals surface area contributed by atoms with Crippen LogP contribution in [0.4, 0.5) is 5.82 Å². The molecular formula is C10H11Cl3N2O2S. The van der Waals surface area contributed by atoms with E-state index in [1.807, 2.05) is 0 Å². The molecule has 1 unspecified atom stereocenters. The molecule has 2 rings (SSSR count). The van der Waals surface area contributed by atoms with Crippen molar-refractivity contribution in [1.29, 1.82) is 0 Å². The summed E-state index contributed by atoms with van der Waals surface area (Å²) in [5.74, 6) is 0.971. The highest BCUT2D eigenvalue weighted by atomic mass is 35.5. The van der Waals surface area contributed by atoms with E-state index >= 15 is 0 Å². The van der Waals surface area contributed by atoms with Crippen molar-refractivity contribution in [1.82, 2.24) is 4.98 Å². The maximum absolute atomic E-state index is 11.3. The van der Waals surface area contributed by atoms with Crippen molar-refractivity contribution >= 4 is 50.5 Å². The van der Waals surface area contributed by atoms with Gasteiger partial charge < -0.3 is 5.32 Å². The molecule has 0 radical (unpaired) electrons. The van der Waals surface area contributed by atoms with Crippen molar-refractivity contribution in [3.63, 3.8) is 0 Å². The molecule has 1 saturated heterocycles. The molecule has 1 fully saturated rings. The predicted octanol–water partition coefficient (Wildman–Crippen LogP) is 2.89. The van der Waals surface area contributed by atoms with E-state index in [2.05, 4.69) is 10.3 Å². The zero-order valence-electron chi connectivity index (χ0n) is 9.29. The monoisotopic (exact) mass is 328 g/mol. The Balaban J connectivity index is 2.01. The molecule has 1 aromatic heterocycles. The van der Waals surface area contributed by atoms with Crippen LogP contribution in [0.15, 0.2) is 6.07 Å². The number of nitrogens with one attached hydrogen (secondary N) is 1. The fraction of sp³-hybridized carbons (Fsp3) is 0.500. The number of hydrogen-bond acceptors (Lipinski definition) is 4. The molecule has 1 aliphatic heterocycles. The Labute approximate surface area is 121 Å². The molecule has 0 spiro atoms.